The number of methoxy groups -OCH3 is 1. The Hall–Kier alpha value is -4.60. The molecule has 2 heterocycles. The molecule has 0 unspecified atom stereocenters. The van der Waals surface area contributed by atoms with Crippen molar-refractivity contribution in [2.45, 2.75) is 12.8 Å². The molecule has 0 atom stereocenters. The van der Waals surface area contributed by atoms with Gasteiger partial charge in [-0.15, -0.1) is 0 Å². The second-order valence-corrected chi connectivity index (χ2v) is 9.64. The Balaban J connectivity index is 1.36. The number of nitrogens with one attached hydrogen (secondary N) is 1. The number of carbonyl (C=O) groups is 2. The molecule has 0 radical (unpaired) electrons. The number of non-ortho nitro benzene ring substituents is 1. The first-order valence-electron chi connectivity index (χ1n) is 13.1. The molecule has 2 fully saturated rings. The van der Waals surface area contributed by atoms with E-state index in [2.05, 4.69) is 21.2 Å². The van der Waals surface area contributed by atoms with Crippen molar-refractivity contribution >= 4 is 34.6 Å². The van der Waals surface area contributed by atoms with E-state index in [1.165, 1.54) is 24.3 Å². The minimum Gasteiger partial charge on any atom is -0.495 e. The Morgan fingerprint density at radius 2 is 1.49 bits per heavy atom. The molecular weight excluding hydrogens is 498 g/mol. The predicted molar refractivity (Wildman–Crippen MR) is 150 cm³/mol. The lowest BCUT2D eigenvalue weighted by Gasteiger charge is -2.38. The summed E-state index contributed by atoms with van der Waals surface area (Å²) in [6.45, 7) is 4.45. The van der Waals surface area contributed by atoms with E-state index < -0.39 is 10.8 Å². The van der Waals surface area contributed by atoms with Crippen LogP contribution in [0.4, 0.5) is 22.7 Å². The van der Waals surface area contributed by atoms with Crippen molar-refractivity contribution in [2.75, 3.05) is 61.5 Å². The maximum absolute atomic E-state index is 13.6. The summed E-state index contributed by atoms with van der Waals surface area (Å²) < 4.78 is 5.54. The molecule has 10 heteroatoms. The molecule has 5 rings (SSSR count). The van der Waals surface area contributed by atoms with Crippen molar-refractivity contribution in [3.8, 4) is 5.75 Å². The van der Waals surface area contributed by atoms with Gasteiger partial charge in [-0.1, -0.05) is 12.1 Å². The first-order chi connectivity index (χ1) is 18.9. The number of benzene rings is 3. The van der Waals surface area contributed by atoms with E-state index in [4.69, 9.17) is 4.74 Å². The van der Waals surface area contributed by atoms with E-state index in [1.54, 1.807) is 19.2 Å². The van der Waals surface area contributed by atoms with Crippen LogP contribution >= 0.6 is 0 Å². The van der Waals surface area contributed by atoms with Gasteiger partial charge in [0.25, 0.3) is 17.5 Å². The summed E-state index contributed by atoms with van der Waals surface area (Å²) in [6, 6.07) is 18.8. The molecule has 2 saturated heterocycles. The number of carbonyl (C=O) groups excluding carboxylic acids is 2. The molecule has 3 aromatic carbocycles. The summed E-state index contributed by atoms with van der Waals surface area (Å²) in [7, 11) is 1.67. The van der Waals surface area contributed by atoms with Gasteiger partial charge in [-0.25, -0.2) is 0 Å². The average Bonchev–Trinajstić information content (AvgIpc) is 3.52. The normalized spacial score (nSPS) is 15.3. The van der Waals surface area contributed by atoms with Crippen LogP contribution in [0.15, 0.2) is 66.7 Å². The van der Waals surface area contributed by atoms with Gasteiger partial charge >= 0.3 is 0 Å². The van der Waals surface area contributed by atoms with Crippen LogP contribution in [-0.2, 0) is 0 Å². The maximum Gasteiger partial charge on any atom is 0.269 e. The van der Waals surface area contributed by atoms with Crippen LogP contribution in [0.3, 0.4) is 0 Å². The van der Waals surface area contributed by atoms with Gasteiger partial charge in [-0.3, -0.25) is 19.7 Å². The lowest BCUT2D eigenvalue weighted by atomic mass is 10.1. The molecule has 0 aromatic heterocycles. The smallest absolute Gasteiger partial charge is 0.269 e. The summed E-state index contributed by atoms with van der Waals surface area (Å²) in [6.07, 6.45) is 1.96. The van der Waals surface area contributed by atoms with Crippen LogP contribution in [-0.4, -0.2) is 68.0 Å². The number of hydrogen-bond acceptors (Lipinski definition) is 7. The number of nitrogens with zero attached hydrogens (tertiary/aromatic N) is 4. The topological polar surface area (TPSA) is 108 Å². The molecule has 2 amide bonds. The summed E-state index contributed by atoms with van der Waals surface area (Å²) >= 11 is 0. The van der Waals surface area contributed by atoms with Crippen LogP contribution in [0.1, 0.15) is 33.6 Å². The van der Waals surface area contributed by atoms with Crippen molar-refractivity contribution in [3.05, 3.63) is 88.0 Å². The molecule has 2 aliphatic rings. The second-order valence-electron chi connectivity index (χ2n) is 9.64. The number of hydrogen-bond donors (Lipinski definition) is 1. The summed E-state index contributed by atoms with van der Waals surface area (Å²) in [4.78, 5) is 43.2. The second kappa shape index (κ2) is 11.4. The van der Waals surface area contributed by atoms with Crippen molar-refractivity contribution < 1.29 is 19.2 Å². The number of anilines is 3. The van der Waals surface area contributed by atoms with Gasteiger partial charge in [-0.2, -0.15) is 0 Å². The Labute approximate surface area is 226 Å². The largest absolute Gasteiger partial charge is 0.495 e. The molecule has 3 aromatic rings. The van der Waals surface area contributed by atoms with E-state index in [0.717, 1.165) is 69.2 Å². The molecule has 202 valence electrons. The van der Waals surface area contributed by atoms with Crippen LogP contribution < -0.4 is 19.9 Å². The zero-order chi connectivity index (χ0) is 27.4. The minimum absolute atomic E-state index is 0.0407. The van der Waals surface area contributed by atoms with Gasteiger partial charge in [0, 0.05) is 68.3 Å². The van der Waals surface area contributed by atoms with Gasteiger partial charge in [0.1, 0.15) is 5.75 Å². The van der Waals surface area contributed by atoms with Crippen LogP contribution in [0.25, 0.3) is 0 Å². The highest BCUT2D eigenvalue weighted by molar-refractivity contribution is 6.06. The standard InChI is InChI=1S/C29H31N5O5/c1-39-27-7-3-2-6-26(27)32-18-16-31(17-19-32)25-13-10-22(20-24(25)29(36)33-14-4-5-15-33)30-28(35)21-8-11-23(12-9-21)34(37)38/h2-3,6-13,20H,4-5,14-19H2,1H3,(H,30,35). The molecule has 1 N–H and O–H groups in total. The summed E-state index contributed by atoms with van der Waals surface area (Å²) in [5.41, 5.74) is 3.17. The predicted octanol–water partition coefficient (Wildman–Crippen LogP) is 4.42. The van der Waals surface area contributed by atoms with E-state index in [-0.39, 0.29) is 11.6 Å². The lowest BCUT2D eigenvalue weighted by Crippen LogP contribution is -2.47. The summed E-state index contributed by atoms with van der Waals surface area (Å²) in [5.74, 6) is 0.396. The number of piperazine rings is 1. The number of ether oxygens (including phenoxy) is 1. The molecule has 0 bridgehead atoms. The zero-order valence-electron chi connectivity index (χ0n) is 21.8. The third-order valence-electron chi connectivity index (χ3n) is 7.26. The minimum atomic E-state index is -0.507. The Kier molecular flexibility index (Phi) is 7.62. The first-order valence-corrected chi connectivity index (χ1v) is 13.1. The zero-order valence-corrected chi connectivity index (χ0v) is 21.8. The Morgan fingerprint density at radius 1 is 0.846 bits per heavy atom. The van der Waals surface area contributed by atoms with E-state index in [9.17, 15) is 19.7 Å². The quantitative estimate of drug-likeness (QED) is 0.357. The highest BCUT2D eigenvalue weighted by Gasteiger charge is 2.27. The van der Waals surface area contributed by atoms with Crippen molar-refractivity contribution in [1.82, 2.24) is 4.90 Å². The molecule has 39 heavy (non-hydrogen) atoms. The van der Waals surface area contributed by atoms with E-state index in [1.807, 2.05) is 29.2 Å². The Morgan fingerprint density at radius 3 is 2.13 bits per heavy atom. The maximum atomic E-state index is 13.6. The number of likely N-dealkylation sites (tertiary alicyclic amines) is 1. The van der Waals surface area contributed by atoms with Gasteiger partial charge in [0.2, 0.25) is 0 Å². The van der Waals surface area contributed by atoms with Gasteiger partial charge in [0.05, 0.1) is 23.3 Å². The third-order valence-corrected chi connectivity index (χ3v) is 7.26. The van der Waals surface area contributed by atoms with Crippen LogP contribution in [0.2, 0.25) is 0 Å². The lowest BCUT2D eigenvalue weighted by molar-refractivity contribution is -0.384. The van der Waals surface area contributed by atoms with Crippen LogP contribution in [0, 0.1) is 10.1 Å². The van der Waals surface area contributed by atoms with Gasteiger partial charge < -0.3 is 24.8 Å². The van der Waals surface area contributed by atoms with Crippen molar-refractivity contribution in [2.24, 2.45) is 0 Å². The number of nitro benzene ring substituents is 1. The number of nitro groups is 1. The highest BCUT2D eigenvalue weighted by atomic mass is 16.6. The Bertz CT molecular complexity index is 1360. The van der Waals surface area contributed by atoms with E-state index >= 15 is 0 Å². The molecule has 2 aliphatic heterocycles. The SMILES string of the molecule is COc1ccccc1N1CCN(c2ccc(NC(=O)c3ccc([N+](=O)[O-])cc3)cc2C(=O)N2CCCC2)CC1. The van der Waals surface area contributed by atoms with Gasteiger partial charge in [-0.05, 0) is 55.3 Å². The molecular formula is C29H31N5O5. The molecule has 10 nitrogen and oxygen atoms in total. The fourth-order valence-electron chi connectivity index (χ4n) is 5.17. The van der Waals surface area contributed by atoms with Crippen molar-refractivity contribution in [3.63, 3.8) is 0 Å². The monoisotopic (exact) mass is 529 g/mol. The van der Waals surface area contributed by atoms with Gasteiger partial charge in [0.15, 0.2) is 0 Å². The number of rotatable bonds is 7. The molecule has 0 saturated carbocycles. The fourth-order valence-corrected chi connectivity index (χ4v) is 5.17. The van der Waals surface area contributed by atoms with E-state index in [0.29, 0.717) is 16.8 Å². The third kappa shape index (κ3) is 5.64. The first kappa shape index (κ1) is 26.0. The highest BCUT2D eigenvalue weighted by Crippen LogP contribution is 2.32. The molecule has 0 spiro atoms. The van der Waals surface area contributed by atoms with Crippen molar-refractivity contribution in [1.29, 1.82) is 0 Å². The number of para-hydroxylation sites is 2. The summed E-state index contributed by atoms with van der Waals surface area (Å²) in [5, 5.41) is 13.8. The van der Waals surface area contributed by atoms with Crippen LogP contribution in [0.5, 0.6) is 5.75 Å². The number of amides is 2. The molecule has 0 aliphatic carbocycles. The average molecular weight is 530 g/mol. The fraction of sp³-hybridized carbons (Fsp3) is 0.310.